The maximum absolute atomic E-state index is 13.3. The first-order valence-electron chi connectivity index (χ1n) is 8.06. The maximum Gasteiger partial charge on any atom is 0.423 e. The van der Waals surface area contributed by atoms with Gasteiger partial charge in [-0.1, -0.05) is 26.0 Å². The van der Waals surface area contributed by atoms with Gasteiger partial charge in [0, 0.05) is 17.5 Å². The number of nitro groups is 1. The molecule has 0 aromatic heterocycles. The first-order valence-corrected chi connectivity index (χ1v) is 9.67. The molecular formula is C17H16F4NO6P. The number of nitro benzene ring substituents is 1. The standard InChI is InChI=1S/C17H16F4NO6P/c1-10(2)16(29(25,26)27,11-3-5-12(18)6-4-11)28-13-7-8-15(22(23)24)14(9-13)17(19,20)21/h3-10H,1-2H3,(H2,25,26,27). The Hall–Kier alpha value is -2.49. The molecule has 1 unspecified atom stereocenters. The first-order chi connectivity index (χ1) is 13.2. The Morgan fingerprint density at radius 1 is 1.10 bits per heavy atom. The molecule has 158 valence electrons. The van der Waals surface area contributed by atoms with E-state index in [1.54, 1.807) is 0 Å². The minimum atomic E-state index is -5.21. The Labute approximate surface area is 162 Å². The van der Waals surface area contributed by atoms with Gasteiger partial charge in [0.2, 0.25) is 5.34 Å². The average Bonchev–Trinajstić information content (AvgIpc) is 2.58. The molecule has 0 radical (unpaired) electrons. The zero-order chi connectivity index (χ0) is 22.2. The molecule has 0 saturated heterocycles. The van der Waals surface area contributed by atoms with Gasteiger partial charge in [0.25, 0.3) is 5.69 Å². The number of nitrogens with zero attached hydrogens (tertiary/aromatic N) is 1. The molecule has 2 rings (SSSR count). The van der Waals surface area contributed by atoms with Crippen molar-refractivity contribution in [2.75, 3.05) is 0 Å². The van der Waals surface area contributed by atoms with E-state index in [1.165, 1.54) is 13.8 Å². The molecule has 2 N–H and O–H groups in total. The summed E-state index contributed by atoms with van der Waals surface area (Å²) < 4.78 is 70.8. The van der Waals surface area contributed by atoms with Crippen molar-refractivity contribution in [1.29, 1.82) is 0 Å². The Morgan fingerprint density at radius 2 is 1.66 bits per heavy atom. The van der Waals surface area contributed by atoms with Crippen LogP contribution in [-0.4, -0.2) is 14.7 Å². The normalized spacial score (nSPS) is 14.5. The molecular weight excluding hydrogens is 421 g/mol. The van der Waals surface area contributed by atoms with Gasteiger partial charge in [-0.2, -0.15) is 13.2 Å². The fourth-order valence-electron chi connectivity index (χ4n) is 2.91. The van der Waals surface area contributed by atoms with Crippen molar-refractivity contribution in [1.82, 2.24) is 0 Å². The van der Waals surface area contributed by atoms with Crippen LogP contribution in [0.5, 0.6) is 5.75 Å². The van der Waals surface area contributed by atoms with Crippen LogP contribution in [0.4, 0.5) is 23.2 Å². The molecule has 0 heterocycles. The van der Waals surface area contributed by atoms with E-state index in [0.29, 0.717) is 12.1 Å². The molecule has 0 aliphatic heterocycles. The minimum absolute atomic E-state index is 0.172. The lowest BCUT2D eigenvalue weighted by Gasteiger charge is -2.38. The second-order valence-electron chi connectivity index (χ2n) is 6.44. The molecule has 1 atom stereocenters. The van der Waals surface area contributed by atoms with E-state index >= 15 is 0 Å². The van der Waals surface area contributed by atoms with E-state index < -0.39 is 52.8 Å². The maximum atomic E-state index is 13.3. The Balaban J connectivity index is 2.71. The van der Waals surface area contributed by atoms with Crippen molar-refractivity contribution in [2.24, 2.45) is 5.92 Å². The summed E-state index contributed by atoms with van der Waals surface area (Å²) in [6, 6.07) is 5.58. The topological polar surface area (TPSA) is 110 Å². The summed E-state index contributed by atoms with van der Waals surface area (Å²) in [5, 5.41) is 8.43. The van der Waals surface area contributed by atoms with Crippen LogP contribution in [-0.2, 0) is 16.1 Å². The van der Waals surface area contributed by atoms with Crippen molar-refractivity contribution in [3.63, 3.8) is 0 Å². The lowest BCUT2D eigenvalue weighted by molar-refractivity contribution is -0.388. The molecule has 12 heteroatoms. The van der Waals surface area contributed by atoms with E-state index in [0.717, 1.165) is 30.3 Å². The van der Waals surface area contributed by atoms with Crippen LogP contribution in [0, 0.1) is 21.8 Å². The Morgan fingerprint density at radius 3 is 2.07 bits per heavy atom. The molecule has 0 bridgehead atoms. The number of alkyl halides is 3. The predicted molar refractivity (Wildman–Crippen MR) is 93.7 cm³/mol. The van der Waals surface area contributed by atoms with Gasteiger partial charge in [0.15, 0.2) is 0 Å². The molecule has 0 spiro atoms. The van der Waals surface area contributed by atoms with E-state index in [9.17, 15) is 42.0 Å². The highest BCUT2D eigenvalue weighted by molar-refractivity contribution is 7.53. The highest BCUT2D eigenvalue weighted by Crippen LogP contribution is 2.61. The Bertz CT molecular complexity index is 957. The first kappa shape index (κ1) is 22.8. The Kier molecular flexibility index (Phi) is 6.08. The third kappa shape index (κ3) is 4.42. The van der Waals surface area contributed by atoms with Gasteiger partial charge in [-0.3, -0.25) is 14.7 Å². The van der Waals surface area contributed by atoms with Gasteiger partial charge >= 0.3 is 13.8 Å². The zero-order valence-corrected chi connectivity index (χ0v) is 15.9. The summed E-state index contributed by atoms with van der Waals surface area (Å²) in [5.74, 6) is -2.34. The third-order valence-electron chi connectivity index (χ3n) is 4.22. The molecule has 0 saturated carbocycles. The molecule has 0 fully saturated rings. The number of hydrogen-bond acceptors (Lipinski definition) is 4. The summed E-state index contributed by atoms with van der Waals surface area (Å²) in [6.07, 6.45) is -5.11. The number of ether oxygens (including phenoxy) is 1. The van der Waals surface area contributed by atoms with Gasteiger partial charge in [-0.05, 0) is 24.3 Å². The lowest BCUT2D eigenvalue weighted by Crippen LogP contribution is -2.38. The molecule has 0 aliphatic carbocycles. The van der Waals surface area contributed by atoms with Crippen molar-refractivity contribution in [3.05, 3.63) is 69.5 Å². The summed E-state index contributed by atoms with van der Waals surface area (Å²) in [7, 11) is -5.21. The monoisotopic (exact) mass is 437 g/mol. The van der Waals surface area contributed by atoms with E-state index in [1.807, 2.05) is 0 Å². The lowest BCUT2D eigenvalue weighted by atomic mass is 9.97. The van der Waals surface area contributed by atoms with Crippen LogP contribution in [0.15, 0.2) is 42.5 Å². The summed E-state index contributed by atoms with van der Waals surface area (Å²) >= 11 is 0. The molecule has 7 nitrogen and oxygen atoms in total. The highest BCUT2D eigenvalue weighted by Gasteiger charge is 2.54. The van der Waals surface area contributed by atoms with E-state index in [2.05, 4.69) is 0 Å². The number of benzene rings is 2. The molecule has 29 heavy (non-hydrogen) atoms. The van der Waals surface area contributed by atoms with Crippen LogP contribution in [0.25, 0.3) is 0 Å². The van der Waals surface area contributed by atoms with Crippen LogP contribution >= 0.6 is 7.60 Å². The van der Waals surface area contributed by atoms with Gasteiger partial charge in [0.05, 0.1) is 4.92 Å². The fraction of sp³-hybridized carbons (Fsp3) is 0.294. The average molecular weight is 437 g/mol. The summed E-state index contributed by atoms with van der Waals surface area (Å²) in [4.78, 5) is 29.7. The van der Waals surface area contributed by atoms with E-state index in [4.69, 9.17) is 4.74 Å². The highest BCUT2D eigenvalue weighted by atomic mass is 31.2. The molecule has 0 amide bonds. The SMILES string of the molecule is CC(C)C(Oc1ccc([N+](=O)[O-])c(C(F)(F)F)c1)(c1ccc(F)cc1)P(=O)(O)O. The van der Waals surface area contributed by atoms with Crippen molar-refractivity contribution < 1.29 is 41.6 Å². The van der Waals surface area contributed by atoms with Gasteiger partial charge in [-0.15, -0.1) is 0 Å². The minimum Gasteiger partial charge on any atom is -0.470 e. The largest absolute Gasteiger partial charge is 0.470 e. The second-order valence-corrected chi connectivity index (χ2v) is 8.19. The quantitative estimate of drug-likeness (QED) is 0.290. The fourth-order valence-corrected chi connectivity index (χ4v) is 4.29. The van der Waals surface area contributed by atoms with Crippen molar-refractivity contribution in [3.8, 4) is 5.75 Å². The third-order valence-corrected chi connectivity index (χ3v) is 5.95. The van der Waals surface area contributed by atoms with Crippen LogP contribution < -0.4 is 4.74 Å². The zero-order valence-electron chi connectivity index (χ0n) is 15.1. The smallest absolute Gasteiger partial charge is 0.423 e. The summed E-state index contributed by atoms with van der Waals surface area (Å²) in [6.45, 7) is 2.72. The number of hydrogen-bond donors (Lipinski definition) is 2. The summed E-state index contributed by atoms with van der Waals surface area (Å²) in [5.41, 5.74) is -3.05. The van der Waals surface area contributed by atoms with Crippen LogP contribution in [0.2, 0.25) is 0 Å². The van der Waals surface area contributed by atoms with Crippen molar-refractivity contribution >= 4 is 13.3 Å². The van der Waals surface area contributed by atoms with Crippen molar-refractivity contribution in [2.45, 2.75) is 25.4 Å². The number of halogens is 4. The number of rotatable bonds is 6. The van der Waals surface area contributed by atoms with Crippen LogP contribution in [0.3, 0.4) is 0 Å². The van der Waals surface area contributed by atoms with Gasteiger partial charge < -0.3 is 14.5 Å². The van der Waals surface area contributed by atoms with Gasteiger partial charge in [0.1, 0.15) is 17.1 Å². The van der Waals surface area contributed by atoms with Gasteiger partial charge in [-0.25, -0.2) is 4.39 Å². The molecule has 0 aliphatic rings. The van der Waals surface area contributed by atoms with E-state index in [-0.39, 0.29) is 5.56 Å². The van der Waals surface area contributed by atoms with Crippen LogP contribution in [0.1, 0.15) is 25.0 Å². The second kappa shape index (κ2) is 7.74. The molecule has 2 aromatic carbocycles. The molecule has 2 aromatic rings. The predicted octanol–water partition coefficient (Wildman–Crippen LogP) is 4.82.